The lowest BCUT2D eigenvalue weighted by Gasteiger charge is -2.17. The maximum Gasteiger partial charge on any atom is 0.269 e. The van der Waals surface area contributed by atoms with Gasteiger partial charge in [0.1, 0.15) is 18.2 Å². The van der Waals surface area contributed by atoms with Crippen LogP contribution in [-0.4, -0.2) is 17.4 Å². The molecular formula is C28H25N3O5. The van der Waals surface area contributed by atoms with E-state index in [0.717, 1.165) is 11.1 Å². The first-order valence-corrected chi connectivity index (χ1v) is 11.2. The van der Waals surface area contributed by atoms with Crippen LogP contribution in [0.25, 0.3) is 6.08 Å². The van der Waals surface area contributed by atoms with Crippen molar-refractivity contribution in [2.75, 3.05) is 11.9 Å². The van der Waals surface area contributed by atoms with Crippen molar-refractivity contribution in [2.45, 2.75) is 20.0 Å². The molecule has 0 radical (unpaired) electrons. The molecule has 0 aliphatic heterocycles. The number of carbonyl (C=O) groups is 1. The van der Waals surface area contributed by atoms with Crippen molar-refractivity contribution in [1.82, 2.24) is 0 Å². The molecule has 0 aliphatic carbocycles. The van der Waals surface area contributed by atoms with E-state index in [1.807, 2.05) is 25.1 Å². The van der Waals surface area contributed by atoms with Crippen molar-refractivity contribution in [3.63, 3.8) is 0 Å². The molecule has 182 valence electrons. The quantitative estimate of drug-likeness (QED) is 0.120. The Hall–Kier alpha value is -4.90. The smallest absolute Gasteiger partial charge is 0.269 e. The second kappa shape index (κ2) is 12.5. The van der Waals surface area contributed by atoms with Crippen molar-refractivity contribution < 1.29 is 19.2 Å². The van der Waals surface area contributed by atoms with Crippen molar-refractivity contribution in [1.29, 1.82) is 5.26 Å². The number of para-hydroxylation sites is 1. The molecule has 0 aliphatic rings. The average molecular weight is 484 g/mol. The topological polar surface area (TPSA) is 114 Å². The predicted octanol–water partition coefficient (Wildman–Crippen LogP) is 5.85. The van der Waals surface area contributed by atoms with E-state index in [9.17, 15) is 20.2 Å². The molecule has 1 N–H and O–H groups in total. The Morgan fingerprint density at radius 1 is 1.14 bits per heavy atom. The minimum Gasteiger partial charge on any atom is -0.490 e. The van der Waals surface area contributed by atoms with Crippen molar-refractivity contribution in [3.8, 4) is 17.6 Å². The van der Waals surface area contributed by atoms with Gasteiger partial charge in [0.25, 0.3) is 11.6 Å². The van der Waals surface area contributed by atoms with Crippen LogP contribution in [-0.2, 0) is 17.8 Å². The average Bonchev–Trinajstić information content (AvgIpc) is 2.88. The maximum atomic E-state index is 12.6. The lowest BCUT2D eigenvalue weighted by molar-refractivity contribution is -0.384. The number of benzene rings is 3. The molecule has 0 heterocycles. The third-order valence-corrected chi connectivity index (χ3v) is 5.06. The summed E-state index contributed by atoms with van der Waals surface area (Å²) in [6, 6.07) is 20.5. The molecule has 3 rings (SSSR count). The molecule has 0 aromatic heterocycles. The molecule has 36 heavy (non-hydrogen) atoms. The number of hydrogen-bond donors (Lipinski definition) is 1. The van der Waals surface area contributed by atoms with Crippen LogP contribution in [0.1, 0.15) is 23.6 Å². The van der Waals surface area contributed by atoms with E-state index in [1.54, 1.807) is 48.5 Å². The van der Waals surface area contributed by atoms with Gasteiger partial charge in [-0.3, -0.25) is 14.9 Å². The molecule has 8 heteroatoms. The highest BCUT2D eigenvalue weighted by Gasteiger charge is 2.16. The van der Waals surface area contributed by atoms with Gasteiger partial charge in [0.2, 0.25) is 0 Å². The zero-order valence-electron chi connectivity index (χ0n) is 19.8. The Labute approximate surface area is 209 Å². The molecule has 0 saturated heterocycles. The van der Waals surface area contributed by atoms with Gasteiger partial charge in [-0.25, -0.2) is 0 Å². The Bertz CT molecular complexity index is 1310. The van der Waals surface area contributed by atoms with E-state index in [-0.39, 0.29) is 17.9 Å². The number of hydrogen-bond acceptors (Lipinski definition) is 6. The number of ether oxygens (including phenoxy) is 2. The summed E-state index contributed by atoms with van der Waals surface area (Å²) in [4.78, 5) is 23.1. The van der Waals surface area contributed by atoms with Gasteiger partial charge in [0.15, 0.2) is 11.5 Å². The first-order valence-electron chi connectivity index (χ1n) is 11.2. The molecule has 3 aromatic carbocycles. The van der Waals surface area contributed by atoms with Crippen LogP contribution in [0.4, 0.5) is 11.4 Å². The van der Waals surface area contributed by atoms with Gasteiger partial charge in [-0.2, -0.15) is 5.26 Å². The fraction of sp³-hybridized carbons (Fsp3) is 0.143. The number of nitriles is 1. The van der Waals surface area contributed by atoms with E-state index in [2.05, 4.69) is 11.9 Å². The molecule has 3 aromatic rings. The van der Waals surface area contributed by atoms with Gasteiger partial charge in [-0.15, -0.1) is 6.58 Å². The zero-order chi connectivity index (χ0) is 25.9. The summed E-state index contributed by atoms with van der Waals surface area (Å²) in [5.74, 6) is 0.427. The summed E-state index contributed by atoms with van der Waals surface area (Å²) < 4.78 is 11.9. The largest absolute Gasteiger partial charge is 0.490 e. The summed E-state index contributed by atoms with van der Waals surface area (Å²) in [6.45, 7) is 6.18. The first-order chi connectivity index (χ1) is 17.4. The van der Waals surface area contributed by atoms with E-state index in [4.69, 9.17) is 9.47 Å². The number of nitrogens with zero attached hydrogens (tertiary/aromatic N) is 2. The van der Waals surface area contributed by atoms with Gasteiger partial charge < -0.3 is 14.8 Å². The summed E-state index contributed by atoms with van der Waals surface area (Å²) in [5.41, 5.74) is 2.62. The standard InChI is InChI=1S/C28H25N3O5/c1-3-8-22-15-21(16-23(18-29)28(32)30-24-9-6-5-7-10-24)17-26(35-4-2)27(22)36-19-20-11-13-25(14-12-20)31(33)34/h3,5-7,9-17H,1,4,8,19H2,2H3,(H,30,32)/b23-16+. The number of amides is 1. The van der Waals surface area contributed by atoms with Crippen LogP contribution < -0.4 is 14.8 Å². The second-order valence-corrected chi connectivity index (χ2v) is 7.64. The Kier molecular flexibility index (Phi) is 8.95. The van der Waals surface area contributed by atoms with Crippen molar-refractivity contribution in [2.24, 2.45) is 0 Å². The third-order valence-electron chi connectivity index (χ3n) is 5.06. The highest BCUT2D eigenvalue weighted by molar-refractivity contribution is 6.09. The van der Waals surface area contributed by atoms with Gasteiger partial charge in [0.05, 0.1) is 11.5 Å². The van der Waals surface area contributed by atoms with Crippen LogP contribution >= 0.6 is 0 Å². The molecule has 0 bridgehead atoms. The van der Waals surface area contributed by atoms with Crippen LogP contribution in [0, 0.1) is 21.4 Å². The zero-order valence-corrected chi connectivity index (χ0v) is 19.8. The van der Waals surface area contributed by atoms with E-state index < -0.39 is 10.8 Å². The number of allylic oxidation sites excluding steroid dienone is 1. The summed E-state index contributed by atoms with van der Waals surface area (Å²) in [5, 5.41) is 23.2. The molecule has 1 amide bonds. The Balaban J connectivity index is 1.90. The molecule has 8 nitrogen and oxygen atoms in total. The molecule has 0 saturated carbocycles. The summed E-state index contributed by atoms with van der Waals surface area (Å²) >= 11 is 0. The Morgan fingerprint density at radius 2 is 1.86 bits per heavy atom. The van der Waals surface area contributed by atoms with Crippen molar-refractivity contribution in [3.05, 3.63) is 112 Å². The Morgan fingerprint density at radius 3 is 2.47 bits per heavy atom. The minimum absolute atomic E-state index is 0.00170. The minimum atomic E-state index is -0.523. The summed E-state index contributed by atoms with van der Waals surface area (Å²) in [7, 11) is 0. The number of nitro groups is 1. The molecular weight excluding hydrogens is 458 g/mol. The van der Waals surface area contributed by atoms with Crippen LogP contribution in [0.3, 0.4) is 0 Å². The fourth-order valence-corrected chi connectivity index (χ4v) is 3.41. The van der Waals surface area contributed by atoms with Gasteiger partial charge in [-0.1, -0.05) is 24.3 Å². The number of nitrogens with one attached hydrogen (secondary N) is 1. The van der Waals surface area contributed by atoms with Crippen molar-refractivity contribution >= 4 is 23.4 Å². The highest BCUT2D eigenvalue weighted by Crippen LogP contribution is 2.35. The highest BCUT2D eigenvalue weighted by atomic mass is 16.6. The summed E-state index contributed by atoms with van der Waals surface area (Å²) in [6.07, 6.45) is 3.66. The molecule has 0 fully saturated rings. The number of carbonyl (C=O) groups excluding carboxylic acids is 1. The van der Waals surface area contributed by atoms with Gasteiger partial charge in [-0.05, 0) is 66.9 Å². The maximum absolute atomic E-state index is 12.6. The van der Waals surface area contributed by atoms with E-state index in [0.29, 0.717) is 35.8 Å². The second-order valence-electron chi connectivity index (χ2n) is 7.64. The SMILES string of the molecule is C=CCc1cc(/C=C(\C#N)C(=O)Nc2ccccc2)cc(OCC)c1OCc1ccc([N+](=O)[O-])cc1. The molecule has 0 spiro atoms. The normalized spacial score (nSPS) is 10.7. The van der Waals surface area contributed by atoms with E-state index >= 15 is 0 Å². The third kappa shape index (κ3) is 6.81. The van der Waals surface area contributed by atoms with Crippen LogP contribution in [0.15, 0.2) is 85.0 Å². The van der Waals surface area contributed by atoms with Gasteiger partial charge >= 0.3 is 0 Å². The first kappa shape index (κ1) is 25.7. The van der Waals surface area contributed by atoms with E-state index in [1.165, 1.54) is 18.2 Å². The fourth-order valence-electron chi connectivity index (χ4n) is 3.41. The van der Waals surface area contributed by atoms with Crippen LogP contribution in [0.2, 0.25) is 0 Å². The number of anilines is 1. The molecule has 0 unspecified atom stereocenters. The predicted molar refractivity (Wildman–Crippen MR) is 138 cm³/mol. The number of non-ortho nitro benzene ring substituents is 1. The van der Waals surface area contributed by atoms with Gasteiger partial charge in [0, 0.05) is 23.4 Å². The lowest BCUT2D eigenvalue weighted by Crippen LogP contribution is -2.13. The number of nitro benzene ring substituents is 1. The lowest BCUT2D eigenvalue weighted by atomic mass is 10.0. The monoisotopic (exact) mass is 483 g/mol. The molecule has 0 atom stereocenters. The number of rotatable bonds is 11. The van der Waals surface area contributed by atoms with Crippen LogP contribution in [0.5, 0.6) is 11.5 Å².